The largest absolute Gasteiger partial charge is 0.305 e. The highest BCUT2D eigenvalue weighted by Gasteiger charge is 2.27. The molecule has 1 saturated carbocycles. The Labute approximate surface area is 99.6 Å². The number of nitrogens with zero attached hydrogens (tertiary/aromatic N) is 2. The van der Waals surface area contributed by atoms with Crippen molar-refractivity contribution in [1.82, 2.24) is 9.80 Å². The van der Waals surface area contributed by atoms with E-state index in [-0.39, 0.29) is 0 Å². The lowest BCUT2D eigenvalue weighted by molar-refractivity contribution is 0.184. The van der Waals surface area contributed by atoms with Crippen molar-refractivity contribution in [2.24, 2.45) is 5.92 Å². The first-order valence-electron chi connectivity index (χ1n) is 6.20. The van der Waals surface area contributed by atoms with E-state index in [1.807, 2.05) is 0 Å². The molecule has 0 aliphatic heterocycles. The summed E-state index contributed by atoms with van der Waals surface area (Å²) in [5, 5.41) is 0.464. The van der Waals surface area contributed by atoms with E-state index in [0.717, 1.165) is 19.0 Å². The highest BCUT2D eigenvalue weighted by molar-refractivity contribution is 6.21. The molecule has 0 aromatic heterocycles. The van der Waals surface area contributed by atoms with E-state index in [9.17, 15) is 0 Å². The Morgan fingerprint density at radius 1 is 1.13 bits per heavy atom. The first-order valence-corrected chi connectivity index (χ1v) is 6.64. The molecule has 0 unspecified atom stereocenters. The van der Waals surface area contributed by atoms with Gasteiger partial charge in [0.25, 0.3) is 0 Å². The van der Waals surface area contributed by atoms with Crippen molar-refractivity contribution >= 4 is 11.6 Å². The van der Waals surface area contributed by atoms with Crippen LogP contribution in [0, 0.1) is 5.92 Å². The van der Waals surface area contributed by atoms with Gasteiger partial charge in [-0.25, -0.2) is 0 Å². The van der Waals surface area contributed by atoms with Crippen LogP contribution in [0.1, 0.15) is 26.7 Å². The number of likely N-dealkylation sites (N-methyl/N-ethyl adjacent to an activating group) is 2. The van der Waals surface area contributed by atoms with Crippen LogP contribution < -0.4 is 0 Å². The molecule has 90 valence electrons. The molecule has 0 spiro atoms. The maximum atomic E-state index is 5.97. The molecule has 0 aromatic carbocycles. The second-order valence-corrected chi connectivity index (χ2v) is 5.34. The summed E-state index contributed by atoms with van der Waals surface area (Å²) in [5.74, 6) is 0.856. The van der Waals surface area contributed by atoms with E-state index in [4.69, 9.17) is 11.6 Å². The molecule has 2 nitrogen and oxygen atoms in total. The molecule has 0 bridgehead atoms. The van der Waals surface area contributed by atoms with E-state index >= 15 is 0 Å². The van der Waals surface area contributed by atoms with Crippen molar-refractivity contribution in [3.63, 3.8) is 0 Å². The average molecular weight is 233 g/mol. The molecule has 0 heterocycles. The monoisotopic (exact) mass is 232 g/mol. The van der Waals surface area contributed by atoms with Crippen molar-refractivity contribution in [2.75, 3.05) is 39.8 Å². The van der Waals surface area contributed by atoms with Crippen molar-refractivity contribution in [3.05, 3.63) is 0 Å². The van der Waals surface area contributed by atoms with E-state index < -0.39 is 0 Å². The normalized spacial score (nSPS) is 26.0. The third-order valence-corrected chi connectivity index (χ3v) is 3.80. The van der Waals surface area contributed by atoms with E-state index in [2.05, 4.69) is 30.7 Å². The van der Waals surface area contributed by atoms with Gasteiger partial charge in [-0.1, -0.05) is 13.8 Å². The quantitative estimate of drug-likeness (QED) is 0.622. The molecule has 0 aromatic rings. The summed E-state index contributed by atoms with van der Waals surface area (Å²) < 4.78 is 0. The molecule has 0 atom stereocenters. The zero-order valence-corrected chi connectivity index (χ0v) is 11.1. The van der Waals surface area contributed by atoms with Gasteiger partial charge in [0.15, 0.2) is 0 Å². The summed E-state index contributed by atoms with van der Waals surface area (Å²) in [4.78, 5) is 4.92. The predicted molar refractivity (Wildman–Crippen MR) is 67.7 cm³/mol. The van der Waals surface area contributed by atoms with Crippen LogP contribution >= 0.6 is 11.6 Å². The Hall–Kier alpha value is 0.210. The number of rotatable bonds is 7. The third-order valence-electron chi connectivity index (χ3n) is 3.44. The number of alkyl halides is 1. The molecular weight excluding hydrogens is 208 g/mol. The lowest BCUT2D eigenvalue weighted by Gasteiger charge is -2.34. The molecule has 1 fully saturated rings. The highest BCUT2D eigenvalue weighted by atomic mass is 35.5. The van der Waals surface area contributed by atoms with Crippen LogP contribution in [-0.2, 0) is 0 Å². The summed E-state index contributed by atoms with van der Waals surface area (Å²) in [5.41, 5.74) is 0. The van der Waals surface area contributed by atoms with Gasteiger partial charge in [-0.2, -0.15) is 0 Å². The number of halogens is 1. The van der Waals surface area contributed by atoms with Crippen LogP contribution in [0.5, 0.6) is 0 Å². The summed E-state index contributed by atoms with van der Waals surface area (Å²) >= 11 is 5.97. The predicted octanol–water partition coefficient (Wildman–Crippen LogP) is 2.28. The third kappa shape index (κ3) is 4.71. The van der Waals surface area contributed by atoms with E-state index in [0.29, 0.717) is 5.38 Å². The fourth-order valence-electron chi connectivity index (χ4n) is 2.19. The maximum absolute atomic E-state index is 5.97. The molecular formula is C12H25ClN2. The summed E-state index contributed by atoms with van der Waals surface area (Å²) in [6, 6.07) is 0. The van der Waals surface area contributed by atoms with E-state index in [1.165, 1.54) is 32.5 Å². The van der Waals surface area contributed by atoms with Gasteiger partial charge in [0.05, 0.1) is 0 Å². The van der Waals surface area contributed by atoms with Crippen LogP contribution in [0.2, 0.25) is 0 Å². The first kappa shape index (κ1) is 13.3. The second-order valence-electron chi connectivity index (χ2n) is 4.72. The zero-order chi connectivity index (χ0) is 11.3. The lowest BCUT2D eigenvalue weighted by Crippen LogP contribution is -2.39. The lowest BCUT2D eigenvalue weighted by atomic mass is 9.84. The fraction of sp³-hybridized carbons (Fsp3) is 1.00. The van der Waals surface area contributed by atoms with Crippen LogP contribution in [0.4, 0.5) is 0 Å². The highest BCUT2D eigenvalue weighted by Crippen LogP contribution is 2.32. The molecule has 0 N–H and O–H groups in total. The molecule has 1 rings (SSSR count). The molecule has 3 heteroatoms. The van der Waals surface area contributed by atoms with Gasteiger partial charge >= 0.3 is 0 Å². The summed E-state index contributed by atoms with van der Waals surface area (Å²) in [7, 11) is 2.23. The van der Waals surface area contributed by atoms with Crippen molar-refractivity contribution in [2.45, 2.75) is 32.1 Å². The van der Waals surface area contributed by atoms with Gasteiger partial charge in [0.2, 0.25) is 0 Å². The zero-order valence-electron chi connectivity index (χ0n) is 10.4. The van der Waals surface area contributed by atoms with Crippen molar-refractivity contribution in [1.29, 1.82) is 0 Å². The molecule has 0 amide bonds. The van der Waals surface area contributed by atoms with Crippen LogP contribution in [0.25, 0.3) is 0 Å². The Morgan fingerprint density at radius 2 is 1.73 bits per heavy atom. The number of hydrogen-bond donors (Lipinski definition) is 0. The molecule has 1 aliphatic rings. The van der Waals surface area contributed by atoms with Crippen LogP contribution in [0.15, 0.2) is 0 Å². The van der Waals surface area contributed by atoms with E-state index in [1.54, 1.807) is 0 Å². The molecule has 1 aliphatic carbocycles. The summed E-state index contributed by atoms with van der Waals surface area (Å²) in [6.07, 6.45) is 2.44. The fourth-order valence-corrected chi connectivity index (χ4v) is 2.69. The van der Waals surface area contributed by atoms with Crippen molar-refractivity contribution < 1.29 is 0 Å². The first-order chi connectivity index (χ1) is 7.15. The smallest absolute Gasteiger partial charge is 0.0342 e. The second kappa shape index (κ2) is 6.72. The molecule has 15 heavy (non-hydrogen) atoms. The Balaban J connectivity index is 2.05. The number of hydrogen-bond acceptors (Lipinski definition) is 2. The van der Waals surface area contributed by atoms with Gasteiger partial charge in [0, 0.05) is 25.0 Å². The minimum atomic E-state index is 0.464. The maximum Gasteiger partial charge on any atom is 0.0342 e. The SMILES string of the molecule is CCN(CC)CCN(C)CC1CC(Cl)C1. The van der Waals surface area contributed by atoms with Gasteiger partial charge in [-0.15, -0.1) is 11.6 Å². The van der Waals surface area contributed by atoms with Gasteiger partial charge < -0.3 is 9.80 Å². The van der Waals surface area contributed by atoms with Gasteiger partial charge in [-0.3, -0.25) is 0 Å². The Kier molecular flexibility index (Phi) is 5.95. The summed E-state index contributed by atoms with van der Waals surface area (Å²) in [6.45, 7) is 10.4. The van der Waals surface area contributed by atoms with Crippen molar-refractivity contribution in [3.8, 4) is 0 Å². The Morgan fingerprint density at radius 3 is 2.20 bits per heavy atom. The van der Waals surface area contributed by atoms with Crippen LogP contribution in [0.3, 0.4) is 0 Å². The average Bonchev–Trinajstić information content (AvgIpc) is 2.17. The standard InChI is InChI=1S/C12H25ClN2/c1-4-15(5-2)7-6-14(3)10-11-8-12(13)9-11/h11-12H,4-10H2,1-3H3. The minimum Gasteiger partial charge on any atom is -0.305 e. The molecule has 0 radical (unpaired) electrons. The van der Waals surface area contributed by atoms with Gasteiger partial charge in [0.1, 0.15) is 0 Å². The molecule has 0 saturated heterocycles. The minimum absolute atomic E-state index is 0.464. The van der Waals surface area contributed by atoms with Gasteiger partial charge in [-0.05, 0) is 38.9 Å². The topological polar surface area (TPSA) is 6.48 Å². The Bertz CT molecular complexity index is 165. The van der Waals surface area contributed by atoms with Crippen LogP contribution in [-0.4, -0.2) is 54.9 Å².